The van der Waals surface area contributed by atoms with Gasteiger partial charge in [0.1, 0.15) is 0 Å². The van der Waals surface area contributed by atoms with E-state index in [1.54, 1.807) is 0 Å². The van der Waals surface area contributed by atoms with Crippen LogP contribution in [0, 0.1) is 0 Å². The fourth-order valence-electron chi connectivity index (χ4n) is 0.691. The first kappa shape index (κ1) is 9.65. The monoisotopic (exact) mass is 224 g/mol. The number of benzene rings is 1. The maximum Gasteiger partial charge on any atom is 0.337 e. The van der Waals surface area contributed by atoms with Crippen LogP contribution in [0.15, 0.2) is 12.1 Å². The van der Waals surface area contributed by atoms with Crippen LogP contribution in [0.1, 0.15) is 10.4 Å². The number of hydrogen-bond donors (Lipinski definition) is 1. The molecule has 1 aromatic carbocycles. The number of carboxylic acid groups (broad SMARTS) is 1. The van der Waals surface area contributed by atoms with E-state index in [9.17, 15) is 4.79 Å². The molecule has 1 N–H and O–H groups in total. The zero-order chi connectivity index (χ0) is 9.30. The van der Waals surface area contributed by atoms with Crippen molar-refractivity contribution >= 4 is 40.8 Å². The van der Waals surface area contributed by atoms with Gasteiger partial charge in [-0.2, -0.15) is 0 Å². The van der Waals surface area contributed by atoms with Gasteiger partial charge in [-0.05, 0) is 12.1 Å². The molecule has 0 amide bonds. The van der Waals surface area contributed by atoms with Crippen molar-refractivity contribution in [3.63, 3.8) is 0 Å². The Hall–Kier alpha value is -0.440. The van der Waals surface area contributed by atoms with Gasteiger partial charge in [0, 0.05) is 0 Å². The highest BCUT2D eigenvalue weighted by Crippen LogP contribution is 2.32. The second kappa shape index (κ2) is 3.52. The van der Waals surface area contributed by atoms with E-state index in [0.717, 1.165) is 0 Å². The predicted molar refractivity (Wildman–Crippen MR) is 48.4 cm³/mol. The summed E-state index contributed by atoms with van der Waals surface area (Å²) in [5.74, 6) is -1.13. The molecule has 12 heavy (non-hydrogen) atoms. The van der Waals surface area contributed by atoms with Crippen LogP contribution < -0.4 is 0 Å². The first-order chi connectivity index (χ1) is 5.54. The summed E-state index contributed by atoms with van der Waals surface area (Å²) in [6, 6.07) is 2.69. The number of aromatic carboxylic acids is 1. The molecule has 5 heteroatoms. The number of carbonyl (C=O) groups is 1. The molecule has 0 unspecified atom stereocenters. The Balaban J connectivity index is 3.36. The summed E-state index contributed by atoms with van der Waals surface area (Å²) in [7, 11) is 0. The van der Waals surface area contributed by atoms with Crippen LogP contribution in [0.25, 0.3) is 0 Å². The predicted octanol–water partition coefficient (Wildman–Crippen LogP) is 3.35. The molecule has 0 aliphatic heterocycles. The first-order valence-corrected chi connectivity index (χ1v) is 4.04. The van der Waals surface area contributed by atoms with Crippen molar-refractivity contribution in [3.8, 4) is 0 Å². The summed E-state index contributed by atoms with van der Waals surface area (Å²) in [4.78, 5) is 10.5. The number of carboxylic acids is 1. The van der Waals surface area contributed by atoms with E-state index in [-0.39, 0.29) is 20.6 Å². The van der Waals surface area contributed by atoms with E-state index in [1.807, 2.05) is 0 Å². The van der Waals surface area contributed by atoms with Crippen molar-refractivity contribution in [2.24, 2.45) is 0 Å². The molecule has 0 aromatic heterocycles. The average Bonchev–Trinajstić information content (AvgIpc) is 2.00. The van der Waals surface area contributed by atoms with Gasteiger partial charge >= 0.3 is 5.97 Å². The van der Waals surface area contributed by atoms with Crippen LogP contribution in [-0.2, 0) is 0 Å². The Kier molecular flexibility index (Phi) is 2.83. The van der Waals surface area contributed by atoms with Crippen molar-refractivity contribution in [2.45, 2.75) is 0 Å². The third kappa shape index (κ3) is 1.66. The topological polar surface area (TPSA) is 37.3 Å². The van der Waals surface area contributed by atoms with Gasteiger partial charge in [0.15, 0.2) is 0 Å². The Morgan fingerprint density at radius 2 is 1.75 bits per heavy atom. The number of halogens is 3. The van der Waals surface area contributed by atoms with Gasteiger partial charge in [0.25, 0.3) is 0 Å². The molecule has 0 aliphatic rings. The van der Waals surface area contributed by atoms with Gasteiger partial charge in [0.05, 0.1) is 20.6 Å². The fourth-order valence-corrected chi connectivity index (χ4v) is 1.31. The molecule has 64 valence electrons. The summed E-state index contributed by atoms with van der Waals surface area (Å²) in [6.07, 6.45) is 0. The van der Waals surface area contributed by atoms with Crippen molar-refractivity contribution in [1.29, 1.82) is 0 Å². The average molecular weight is 225 g/mol. The summed E-state index contributed by atoms with van der Waals surface area (Å²) in [5, 5.41) is 8.87. The van der Waals surface area contributed by atoms with Gasteiger partial charge in [-0.3, -0.25) is 0 Å². The molecule has 0 saturated heterocycles. The lowest BCUT2D eigenvalue weighted by Gasteiger charge is -2.01. The molecule has 0 aliphatic carbocycles. The fraction of sp³-hybridized carbons (Fsp3) is 0. The van der Waals surface area contributed by atoms with Gasteiger partial charge in [0.2, 0.25) is 0 Å². The third-order valence-corrected chi connectivity index (χ3v) is 2.56. The van der Waals surface area contributed by atoms with E-state index < -0.39 is 5.97 Å². The Bertz CT molecular complexity index is 336. The van der Waals surface area contributed by atoms with Crippen LogP contribution >= 0.6 is 34.8 Å². The lowest BCUT2D eigenvalue weighted by molar-refractivity contribution is 0.0697. The highest BCUT2D eigenvalue weighted by molar-refractivity contribution is 6.49. The molecule has 1 rings (SSSR count). The van der Waals surface area contributed by atoms with Gasteiger partial charge < -0.3 is 5.11 Å². The standard InChI is InChI=1S/C7H3Cl3O2/c8-4-2-1-3(7(11)12)5(9)6(4)10/h1-2H,(H,11,12). The molecule has 0 bridgehead atoms. The smallest absolute Gasteiger partial charge is 0.337 e. The Morgan fingerprint density at radius 3 is 2.25 bits per heavy atom. The van der Waals surface area contributed by atoms with Gasteiger partial charge in [-0.15, -0.1) is 0 Å². The van der Waals surface area contributed by atoms with Gasteiger partial charge in [-0.1, -0.05) is 34.8 Å². The van der Waals surface area contributed by atoms with Crippen molar-refractivity contribution < 1.29 is 9.90 Å². The summed E-state index contributed by atoms with van der Waals surface area (Å²) in [5.41, 5.74) is -0.0499. The highest BCUT2D eigenvalue weighted by Gasteiger charge is 2.13. The molecular weight excluding hydrogens is 222 g/mol. The molecule has 0 atom stereocenters. The first-order valence-electron chi connectivity index (χ1n) is 2.91. The lowest BCUT2D eigenvalue weighted by Crippen LogP contribution is -1.97. The molecular formula is C7H3Cl3O2. The maximum absolute atomic E-state index is 10.5. The molecule has 0 saturated carbocycles. The van der Waals surface area contributed by atoms with E-state index in [2.05, 4.69) is 0 Å². The summed E-state index contributed by atoms with van der Waals surface area (Å²) in [6.45, 7) is 0. The van der Waals surface area contributed by atoms with Crippen LogP contribution in [0.5, 0.6) is 0 Å². The van der Waals surface area contributed by atoms with Crippen LogP contribution in [-0.4, -0.2) is 11.1 Å². The number of hydrogen-bond acceptors (Lipinski definition) is 1. The second-order valence-corrected chi connectivity index (χ2v) is 3.19. The molecule has 0 spiro atoms. The van der Waals surface area contributed by atoms with Gasteiger partial charge in [-0.25, -0.2) is 4.79 Å². The van der Waals surface area contributed by atoms with Crippen molar-refractivity contribution in [3.05, 3.63) is 32.8 Å². The largest absolute Gasteiger partial charge is 0.478 e. The highest BCUT2D eigenvalue weighted by atomic mass is 35.5. The lowest BCUT2D eigenvalue weighted by atomic mass is 10.2. The zero-order valence-electron chi connectivity index (χ0n) is 5.64. The second-order valence-electron chi connectivity index (χ2n) is 2.03. The van der Waals surface area contributed by atoms with E-state index in [0.29, 0.717) is 0 Å². The van der Waals surface area contributed by atoms with Crippen molar-refractivity contribution in [2.75, 3.05) is 0 Å². The molecule has 0 fully saturated rings. The minimum atomic E-state index is -1.13. The molecule has 1 aromatic rings. The van der Waals surface area contributed by atoms with Crippen LogP contribution in [0.4, 0.5) is 0 Å². The maximum atomic E-state index is 10.5. The summed E-state index contributed by atoms with van der Waals surface area (Å²) >= 11 is 16.8. The zero-order valence-corrected chi connectivity index (χ0v) is 7.91. The van der Waals surface area contributed by atoms with E-state index >= 15 is 0 Å². The third-order valence-electron chi connectivity index (χ3n) is 1.27. The van der Waals surface area contributed by atoms with E-state index in [1.165, 1.54) is 12.1 Å². The normalized spacial score (nSPS) is 9.92. The SMILES string of the molecule is O=C(O)c1ccc(Cl)c(Cl)c1Cl. The van der Waals surface area contributed by atoms with Crippen LogP contribution in [0.3, 0.4) is 0 Å². The quantitative estimate of drug-likeness (QED) is 0.744. The van der Waals surface area contributed by atoms with Crippen molar-refractivity contribution in [1.82, 2.24) is 0 Å². The minimum Gasteiger partial charge on any atom is -0.478 e. The Labute approximate surface area is 83.7 Å². The molecule has 2 nitrogen and oxygen atoms in total. The molecule has 0 heterocycles. The number of rotatable bonds is 1. The minimum absolute atomic E-state index is 0.0309. The molecule has 0 radical (unpaired) electrons. The summed E-state index contributed by atoms with van der Waals surface area (Å²) < 4.78 is 0. The van der Waals surface area contributed by atoms with E-state index in [4.69, 9.17) is 39.9 Å². The Morgan fingerprint density at radius 1 is 1.17 bits per heavy atom. The van der Waals surface area contributed by atoms with Crippen LogP contribution in [0.2, 0.25) is 15.1 Å².